The molecule has 1 atom stereocenters. The van der Waals surface area contributed by atoms with Crippen LogP contribution in [-0.2, 0) is 26.2 Å². The predicted octanol–water partition coefficient (Wildman–Crippen LogP) is 4.11. The van der Waals surface area contributed by atoms with Crippen LogP contribution in [-0.4, -0.2) is 64.2 Å². The van der Waals surface area contributed by atoms with Crippen molar-refractivity contribution in [2.75, 3.05) is 31.3 Å². The molecule has 204 valence electrons. The van der Waals surface area contributed by atoms with Crippen LogP contribution in [0.2, 0.25) is 10.0 Å². The summed E-state index contributed by atoms with van der Waals surface area (Å²) in [4.78, 5) is 28.1. The molecule has 0 aromatic heterocycles. The van der Waals surface area contributed by atoms with Gasteiger partial charge in [0.1, 0.15) is 12.6 Å². The summed E-state index contributed by atoms with van der Waals surface area (Å²) < 4.78 is 37.0. The Morgan fingerprint density at radius 3 is 2.16 bits per heavy atom. The highest BCUT2D eigenvalue weighted by Gasteiger charge is 2.32. The first-order valence-corrected chi connectivity index (χ1v) is 14.2. The monoisotopic (exact) mass is 573 g/mol. The highest BCUT2D eigenvalue weighted by atomic mass is 35.5. The number of sulfonamides is 1. The van der Waals surface area contributed by atoms with Gasteiger partial charge in [-0.25, -0.2) is 8.42 Å². The Labute approximate surface area is 228 Å². The number of nitrogens with one attached hydrogen (secondary N) is 1. The molecule has 2 amide bonds. The van der Waals surface area contributed by atoms with E-state index in [0.717, 1.165) is 10.6 Å². The summed E-state index contributed by atoms with van der Waals surface area (Å²) in [7, 11) is -1.01. The molecule has 0 heterocycles. The molecule has 9 nitrogen and oxygen atoms in total. The summed E-state index contributed by atoms with van der Waals surface area (Å²) in [5.74, 6) is -0.208. The first-order valence-electron chi connectivity index (χ1n) is 11.6. The molecule has 1 N–H and O–H groups in total. The minimum atomic E-state index is -3.90. The molecule has 0 saturated heterocycles. The third-order valence-corrected chi connectivity index (χ3v) is 7.37. The lowest BCUT2D eigenvalue weighted by molar-refractivity contribution is -0.140. The lowest BCUT2D eigenvalue weighted by atomic mass is 10.1. The molecule has 0 aliphatic heterocycles. The van der Waals surface area contributed by atoms with Gasteiger partial charge in [-0.3, -0.25) is 13.9 Å². The van der Waals surface area contributed by atoms with E-state index in [1.54, 1.807) is 31.2 Å². The van der Waals surface area contributed by atoms with E-state index in [4.69, 9.17) is 32.7 Å². The fourth-order valence-electron chi connectivity index (χ4n) is 3.73. The second-order valence-electron chi connectivity index (χ2n) is 8.67. The summed E-state index contributed by atoms with van der Waals surface area (Å²) >= 11 is 12.2. The quantitative estimate of drug-likeness (QED) is 0.409. The molecule has 2 aromatic carbocycles. The van der Waals surface area contributed by atoms with Crippen molar-refractivity contribution in [2.45, 2.75) is 45.8 Å². The first-order chi connectivity index (χ1) is 17.3. The number of benzene rings is 2. The van der Waals surface area contributed by atoms with Crippen molar-refractivity contribution in [3.05, 3.63) is 52.0 Å². The average Bonchev–Trinajstić information content (AvgIpc) is 2.82. The smallest absolute Gasteiger partial charge is 0.244 e. The zero-order chi connectivity index (χ0) is 27.9. The Morgan fingerprint density at radius 1 is 1.00 bits per heavy atom. The van der Waals surface area contributed by atoms with Crippen molar-refractivity contribution >= 4 is 50.7 Å². The van der Waals surface area contributed by atoms with Crippen LogP contribution in [0.5, 0.6) is 11.5 Å². The number of hydrogen-bond donors (Lipinski definition) is 1. The van der Waals surface area contributed by atoms with Crippen LogP contribution < -0.4 is 19.1 Å². The van der Waals surface area contributed by atoms with E-state index in [9.17, 15) is 18.0 Å². The van der Waals surface area contributed by atoms with Gasteiger partial charge in [0.2, 0.25) is 21.8 Å². The van der Waals surface area contributed by atoms with Crippen LogP contribution in [0.1, 0.15) is 32.8 Å². The van der Waals surface area contributed by atoms with Crippen LogP contribution in [0, 0.1) is 0 Å². The second-order valence-corrected chi connectivity index (χ2v) is 11.4. The maximum absolute atomic E-state index is 13.7. The third kappa shape index (κ3) is 8.15. The summed E-state index contributed by atoms with van der Waals surface area (Å²) in [5.41, 5.74) is 0.846. The zero-order valence-corrected chi connectivity index (χ0v) is 24.1. The highest BCUT2D eigenvalue weighted by molar-refractivity contribution is 7.92. The molecule has 0 aliphatic rings. The van der Waals surface area contributed by atoms with Crippen molar-refractivity contribution < 1.29 is 27.5 Å². The normalized spacial score (nSPS) is 12.1. The van der Waals surface area contributed by atoms with E-state index in [1.165, 1.54) is 31.3 Å². The lowest BCUT2D eigenvalue weighted by Crippen LogP contribution is -2.53. The fourth-order valence-corrected chi connectivity index (χ4v) is 4.89. The summed E-state index contributed by atoms with van der Waals surface area (Å²) in [6, 6.07) is 8.45. The summed E-state index contributed by atoms with van der Waals surface area (Å²) in [6.45, 7) is 4.89. The van der Waals surface area contributed by atoms with Gasteiger partial charge in [0.15, 0.2) is 11.5 Å². The Kier molecular flexibility index (Phi) is 10.9. The average molecular weight is 575 g/mol. The SMILES string of the molecule is CC[C@H](C(=O)NC(C)C)N(Cc1ccc(Cl)c(Cl)c1)C(=O)CN(c1ccc(OC)c(OC)c1)S(C)(=O)=O. The van der Waals surface area contributed by atoms with Crippen LogP contribution >= 0.6 is 23.2 Å². The third-order valence-electron chi connectivity index (χ3n) is 5.49. The molecule has 2 aromatic rings. The molecule has 0 bridgehead atoms. The van der Waals surface area contributed by atoms with Crippen LogP contribution in [0.3, 0.4) is 0 Å². The van der Waals surface area contributed by atoms with Crippen molar-refractivity contribution in [2.24, 2.45) is 0 Å². The van der Waals surface area contributed by atoms with Crippen LogP contribution in [0.25, 0.3) is 0 Å². The molecular formula is C25H33Cl2N3O6S. The minimum absolute atomic E-state index is 0.0171. The molecule has 0 saturated carbocycles. The molecule has 0 unspecified atom stereocenters. The maximum Gasteiger partial charge on any atom is 0.244 e. The molecule has 0 spiro atoms. The van der Waals surface area contributed by atoms with Gasteiger partial charge >= 0.3 is 0 Å². The van der Waals surface area contributed by atoms with Crippen molar-refractivity contribution in [1.82, 2.24) is 10.2 Å². The van der Waals surface area contributed by atoms with Crippen molar-refractivity contribution in [3.8, 4) is 11.5 Å². The number of rotatable bonds is 12. The molecule has 0 fully saturated rings. The van der Waals surface area contributed by atoms with Crippen molar-refractivity contribution in [1.29, 1.82) is 0 Å². The van der Waals surface area contributed by atoms with Gasteiger partial charge in [0, 0.05) is 18.7 Å². The maximum atomic E-state index is 13.7. The van der Waals surface area contributed by atoms with Gasteiger partial charge in [0.05, 0.1) is 36.2 Å². The van der Waals surface area contributed by atoms with Gasteiger partial charge in [-0.05, 0) is 50.1 Å². The van der Waals surface area contributed by atoms with Crippen LogP contribution in [0.15, 0.2) is 36.4 Å². The lowest BCUT2D eigenvalue weighted by Gasteiger charge is -2.33. The highest BCUT2D eigenvalue weighted by Crippen LogP contribution is 2.32. The Bertz CT molecular complexity index is 1220. The number of hydrogen-bond acceptors (Lipinski definition) is 6. The number of carbonyl (C=O) groups excluding carboxylic acids is 2. The number of nitrogens with zero attached hydrogens (tertiary/aromatic N) is 2. The largest absolute Gasteiger partial charge is 0.493 e. The predicted molar refractivity (Wildman–Crippen MR) is 146 cm³/mol. The van der Waals surface area contributed by atoms with Gasteiger partial charge in [-0.1, -0.05) is 36.2 Å². The number of halogens is 2. The molecule has 0 radical (unpaired) electrons. The number of amides is 2. The number of methoxy groups -OCH3 is 2. The second kappa shape index (κ2) is 13.2. The van der Waals surface area contributed by atoms with E-state index in [1.807, 2.05) is 13.8 Å². The Balaban J connectivity index is 2.51. The van der Waals surface area contributed by atoms with E-state index >= 15 is 0 Å². The molecular weight excluding hydrogens is 541 g/mol. The Hall–Kier alpha value is -2.69. The number of carbonyl (C=O) groups is 2. The molecule has 2 rings (SSSR count). The van der Waals surface area contributed by atoms with Crippen LogP contribution in [0.4, 0.5) is 5.69 Å². The van der Waals surface area contributed by atoms with Crippen molar-refractivity contribution in [3.63, 3.8) is 0 Å². The fraction of sp³-hybridized carbons (Fsp3) is 0.440. The van der Waals surface area contributed by atoms with E-state index < -0.39 is 28.5 Å². The van der Waals surface area contributed by atoms with Gasteiger partial charge in [-0.2, -0.15) is 0 Å². The van der Waals surface area contributed by atoms with E-state index in [-0.39, 0.29) is 24.2 Å². The number of ether oxygens (including phenoxy) is 2. The topological polar surface area (TPSA) is 105 Å². The molecule has 12 heteroatoms. The molecule has 37 heavy (non-hydrogen) atoms. The zero-order valence-electron chi connectivity index (χ0n) is 21.7. The standard InChI is InChI=1S/C25H33Cl2N3O6S/c1-7-21(25(32)28-16(2)3)29(14-17-8-10-19(26)20(27)12-17)24(31)15-30(37(6,33)34)18-9-11-22(35-4)23(13-18)36-5/h8-13,16,21H,7,14-15H2,1-6H3,(H,28,32)/t21-/m1/s1. The molecule has 0 aliphatic carbocycles. The Morgan fingerprint density at radius 2 is 1.65 bits per heavy atom. The number of anilines is 1. The van der Waals surface area contributed by atoms with Gasteiger partial charge < -0.3 is 19.7 Å². The van der Waals surface area contributed by atoms with E-state index in [2.05, 4.69) is 5.32 Å². The van der Waals surface area contributed by atoms with Gasteiger partial charge in [-0.15, -0.1) is 0 Å². The van der Waals surface area contributed by atoms with E-state index in [0.29, 0.717) is 33.5 Å². The first kappa shape index (κ1) is 30.5. The minimum Gasteiger partial charge on any atom is -0.493 e. The summed E-state index contributed by atoms with van der Waals surface area (Å²) in [6.07, 6.45) is 1.31. The van der Waals surface area contributed by atoms with Gasteiger partial charge in [0.25, 0.3) is 0 Å². The summed E-state index contributed by atoms with van der Waals surface area (Å²) in [5, 5.41) is 3.49.